The van der Waals surface area contributed by atoms with Crippen molar-refractivity contribution in [2.75, 3.05) is 0 Å². The van der Waals surface area contributed by atoms with Crippen LogP contribution in [0.5, 0.6) is 0 Å². The predicted octanol–water partition coefficient (Wildman–Crippen LogP) is 4.01. The zero-order chi connectivity index (χ0) is 13.5. The Labute approximate surface area is 108 Å². The Morgan fingerprint density at radius 2 is 1.94 bits per heavy atom. The number of halogens is 5. The maximum atomic E-state index is 13.6. The van der Waals surface area contributed by atoms with Crippen molar-refractivity contribution in [2.45, 2.75) is 6.18 Å². The topological polar surface area (TPSA) is 17.8 Å². The first-order chi connectivity index (χ1) is 8.29. The number of imidazole rings is 1. The monoisotopic (exact) mass is 322 g/mol. The van der Waals surface area contributed by atoms with Gasteiger partial charge in [-0.25, -0.2) is 9.37 Å². The molecule has 0 saturated heterocycles. The molecule has 0 saturated carbocycles. The van der Waals surface area contributed by atoms with Gasteiger partial charge in [0.2, 0.25) is 0 Å². The number of aromatic nitrogens is 2. The molecule has 0 unspecified atom stereocenters. The van der Waals surface area contributed by atoms with E-state index < -0.39 is 17.7 Å². The summed E-state index contributed by atoms with van der Waals surface area (Å²) in [5.41, 5.74) is -1.03. The van der Waals surface area contributed by atoms with Crippen LogP contribution in [-0.4, -0.2) is 9.55 Å². The van der Waals surface area contributed by atoms with Gasteiger partial charge in [-0.3, -0.25) is 0 Å². The lowest BCUT2D eigenvalue weighted by molar-refractivity contribution is -0.140. The molecule has 1 aromatic heterocycles. The average molecular weight is 323 g/mol. The Hall–Kier alpha value is -1.37. The molecule has 0 fully saturated rings. The quantitative estimate of drug-likeness (QED) is 0.725. The highest BCUT2D eigenvalue weighted by Crippen LogP contribution is 2.32. The molecule has 96 valence electrons. The van der Waals surface area contributed by atoms with Gasteiger partial charge in [0, 0.05) is 17.7 Å². The molecule has 0 bridgehead atoms. The first-order valence-corrected chi connectivity index (χ1v) is 5.64. The number of rotatable bonds is 1. The van der Waals surface area contributed by atoms with Gasteiger partial charge in [0.05, 0.1) is 5.56 Å². The molecular weight excluding hydrogens is 316 g/mol. The van der Waals surface area contributed by atoms with E-state index in [1.807, 2.05) is 0 Å². The zero-order valence-corrected chi connectivity index (χ0v) is 10.7. The summed E-state index contributed by atoms with van der Waals surface area (Å²) in [4.78, 5) is 3.43. The van der Waals surface area contributed by atoms with Crippen LogP contribution in [0.3, 0.4) is 0 Å². The molecular formula is C11H7BrF4N2. The number of alkyl halides is 3. The fraction of sp³-hybridized carbons (Fsp3) is 0.182. The predicted molar refractivity (Wildman–Crippen MR) is 61.3 cm³/mol. The van der Waals surface area contributed by atoms with E-state index in [0.29, 0.717) is 4.47 Å². The van der Waals surface area contributed by atoms with Crippen LogP contribution in [-0.2, 0) is 13.2 Å². The SMILES string of the molecule is Cn1cc(C(F)(F)F)nc1-c1cc(Br)ccc1F. The molecule has 0 atom stereocenters. The molecule has 0 N–H and O–H groups in total. The van der Waals surface area contributed by atoms with E-state index in [1.54, 1.807) is 0 Å². The van der Waals surface area contributed by atoms with E-state index in [-0.39, 0.29) is 11.4 Å². The second-order valence-electron chi connectivity index (χ2n) is 3.68. The van der Waals surface area contributed by atoms with E-state index in [1.165, 1.54) is 25.2 Å². The lowest BCUT2D eigenvalue weighted by Crippen LogP contribution is -2.05. The maximum Gasteiger partial charge on any atom is 0.434 e. The van der Waals surface area contributed by atoms with Gasteiger partial charge in [-0.05, 0) is 18.2 Å². The van der Waals surface area contributed by atoms with Crippen LogP contribution in [0.4, 0.5) is 17.6 Å². The van der Waals surface area contributed by atoms with Crippen LogP contribution >= 0.6 is 15.9 Å². The zero-order valence-electron chi connectivity index (χ0n) is 9.09. The lowest BCUT2D eigenvalue weighted by Gasteiger charge is -2.03. The van der Waals surface area contributed by atoms with Gasteiger partial charge in [0.15, 0.2) is 5.69 Å². The van der Waals surface area contributed by atoms with Gasteiger partial charge < -0.3 is 4.57 Å². The number of nitrogens with zero attached hydrogens (tertiary/aromatic N) is 2. The Morgan fingerprint density at radius 3 is 2.50 bits per heavy atom. The van der Waals surface area contributed by atoms with Crippen LogP contribution < -0.4 is 0 Å². The minimum atomic E-state index is -4.54. The second-order valence-corrected chi connectivity index (χ2v) is 4.60. The van der Waals surface area contributed by atoms with Gasteiger partial charge in [-0.15, -0.1) is 0 Å². The first-order valence-electron chi connectivity index (χ1n) is 4.85. The molecule has 0 aliphatic heterocycles. The largest absolute Gasteiger partial charge is 0.434 e. The van der Waals surface area contributed by atoms with Gasteiger partial charge in [-0.1, -0.05) is 15.9 Å². The highest BCUT2D eigenvalue weighted by molar-refractivity contribution is 9.10. The van der Waals surface area contributed by atoms with E-state index >= 15 is 0 Å². The van der Waals surface area contributed by atoms with Crippen molar-refractivity contribution in [3.63, 3.8) is 0 Å². The second kappa shape index (κ2) is 4.38. The van der Waals surface area contributed by atoms with Gasteiger partial charge in [0.1, 0.15) is 11.6 Å². The molecule has 18 heavy (non-hydrogen) atoms. The van der Waals surface area contributed by atoms with Gasteiger partial charge in [0.25, 0.3) is 0 Å². The summed E-state index contributed by atoms with van der Waals surface area (Å²) >= 11 is 3.14. The summed E-state index contributed by atoms with van der Waals surface area (Å²) in [6.45, 7) is 0. The third-order valence-corrected chi connectivity index (χ3v) is 2.83. The molecule has 2 nitrogen and oxygen atoms in total. The number of hydrogen-bond donors (Lipinski definition) is 0. The molecule has 0 amide bonds. The summed E-state index contributed by atoms with van der Waals surface area (Å²) in [7, 11) is 1.39. The van der Waals surface area contributed by atoms with E-state index in [9.17, 15) is 17.6 Å². The molecule has 0 aliphatic carbocycles. The maximum absolute atomic E-state index is 13.6. The van der Waals surface area contributed by atoms with E-state index in [2.05, 4.69) is 20.9 Å². The van der Waals surface area contributed by atoms with E-state index in [4.69, 9.17) is 0 Å². The van der Waals surface area contributed by atoms with Crippen molar-refractivity contribution < 1.29 is 17.6 Å². The van der Waals surface area contributed by atoms with Gasteiger partial charge in [-0.2, -0.15) is 13.2 Å². The standard InChI is InChI=1S/C11H7BrF4N2/c1-18-5-9(11(14,15)16)17-10(18)7-4-6(12)2-3-8(7)13/h2-5H,1H3. The Kier molecular flexibility index (Phi) is 3.18. The summed E-state index contributed by atoms with van der Waals surface area (Å²) in [6, 6.07) is 4.02. The van der Waals surface area contributed by atoms with Crippen LogP contribution in [0.2, 0.25) is 0 Å². The summed E-state index contributed by atoms with van der Waals surface area (Å²) < 4.78 is 52.8. The molecule has 1 heterocycles. The van der Waals surface area contributed by atoms with Crippen LogP contribution in [0.25, 0.3) is 11.4 Å². The first kappa shape index (κ1) is 13.1. The van der Waals surface area contributed by atoms with Crippen molar-refractivity contribution in [1.29, 1.82) is 0 Å². The van der Waals surface area contributed by atoms with Crippen molar-refractivity contribution in [2.24, 2.45) is 7.05 Å². The molecule has 1 aromatic carbocycles. The van der Waals surface area contributed by atoms with Crippen LogP contribution in [0.1, 0.15) is 5.69 Å². The minimum absolute atomic E-state index is 0.0161. The van der Waals surface area contributed by atoms with Crippen molar-refractivity contribution >= 4 is 15.9 Å². The molecule has 0 spiro atoms. The average Bonchev–Trinajstić information content (AvgIpc) is 2.64. The molecule has 2 aromatic rings. The molecule has 0 radical (unpaired) electrons. The Bertz CT molecular complexity index is 589. The summed E-state index contributed by atoms with van der Waals surface area (Å²) in [5.74, 6) is -0.693. The van der Waals surface area contributed by atoms with Crippen LogP contribution in [0, 0.1) is 5.82 Å². The Morgan fingerprint density at radius 1 is 1.28 bits per heavy atom. The number of aryl methyl sites for hydroxylation is 1. The molecule has 2 rings (SSSR count). The number of hydrogen-bond acceptors (Lipinski definition) is 1. The number of benzene rings is 1. The minimum Gasteiger partial charge on any atom is -0.333 e. The molecule has 7 heteroatoms. The fourth-order valence-electron chi connectivity index (χ4n) is 1.52. The molecule has 0 aliphatic rings. The third-order valence-electron chi connectivity index (χ3n) is 2.34. The Balaban J connectivity index is 2.58. The van der Waals surface area contributed by atoms with Crippen molar-refractivity contribution in [3.05, 3.63) is 40.4 Å². The third kappa shape index (κ3) is 2.40. The lowest BCUT2D eigenvalue weighted by atomic mass is 10.2. The van der Waals surface area contributed by atoms with Crippen molar-refractivity contribution in [1.82, 2.24) is 9.55 Å². The summed E-state index contributed by atoms with van der Waals surface area (Å²) in [5, 5.41) is 0. The normalized spacial score (nSPS) is 11.9. The van der Waals surface area contributed by atoms with Crippen LogP contribution in [0.15, 0.2) is 28.9 Å². The fourth-order valence-corrected chi connectivity index (χ4v) is 1.88. The van der Waals surface area contributed by atoms with Crippen molar-refractivity contribution in [3.8, 4) is 11.4 Å². The van der Waals surface area contributed by atoms with Gasteiger partial charge >= 0.3 is 6.18 Å². The smallest absolute Gasteiger partial charge is 0.333 e. The summed E-state index contributed by atoms with van der Waals surface area (Å²) in [6.07, 6.45) is -3.71. The highest BCUT2D eigenvalue weighted by atomic mass is 79.9. The highest BCUT2D eigenvalue weighted by Gasteiger charge is 2.34. The van der Waals surface area contributed by atoms with E-state index in [0.717, 1.165) is 10.8 Å².